The minimum Gasteiger partial charge on any atom is -0.348 e. The average Bonchev–Trinajstić information content (AvgIpc) is 3.29. The highest BCUT2D eigenvalue weighted by atomic mass is 16.1. The predicted molar refractivity (Wildman–Crippen MR) is 124 cm³/mol. The van der Waals surface area contributed by atoms with Crippen LogP contribution in [0.15, 0.2) is 60.8 Å². The number of hydrogen-bond acceptors (Lipinski definition) is 5. The van der Waals surface area contributed by atoms with Crippen LogP contribution >= 0.6 is 0 Å². The third-order valence-electron chi connectivity index (χ3n) is 5.25. The number of carbonyl (C=O) groups is 1. The van der Waals surface area contributed by atoms with Crippen LogP contribution in [0.1, 0.15) is 52.8 Å². The van der Waals surface area contributed by atoms with E-state index in [1.54, 1.807) is 10.9 Å². The molecule has 4 aromatic rings. The molecule has 7 nitrogen and oxygen atoms in total. The maximum atomic E-state index is 13.1. The van der Waals surface area contributed by atoms with Gasteiger partial charge in [0.15, 0.2) is 5.82 Å². The summed E-state index contributed by atoms with van der Waals surface area (Å²) < 4.78 is 1.70. The Bertz CT molecular complexity index is 1230. The zero-order chi connectivity index (χ0) is 22.7. The Balaban J connectivity index is 1.71. The van der Waals surface area contributed by atoms with Gasteiger partial charge >= 0.3 is 0 Å². The van der Waals surface area contributed by atoms with Gasteiger partial charge in [-0.05, 0) is 65.2 Å². The molecule has 0 fully saturated rings. The van der Waals surface area contributed by atoms with Crippen molar-refractivity contribution >= 4 is 5.91 Å². The number of amides is 1. The molecule has 1 N–H and O–H groups in total. The molecule has 0 unspecified atom stereocenters. The second-order valence-corrected chi connectivity index (χ2v) is 8.23. The van der Waals surface area contributed by atoms with E-state index in [2.05, 4.69) is 57.0 Å². The highest BCUT2D eigenvalue weighted by Gasteiger charge is 2.16. The van der Waals surface area contributed by atoms with Crippen LogP contribution in [0.4, 0.5) is 0 Å². The number of hydrogen-bond donors (Lipinski definition) is 1. The Hall–Kier alpha value is -3.87. The van der Waals surface area contributed by atoms with Crippen molar-refractivity contribution in [2.75, 3.05) is 0 Å². The van der Waals surface area contributed by atoms with Gasteiger partial charge < -0.3 is 5.32 Å². The molecule has 0 atom stereocenters. The average molecular weight is 427 g/mol. The molecule has 0 aliphatic carbocycles. The Labute approximate surface area is 187 Å². The fourth-order valence-corrected chi connectivity index (χ4v) is 3.40. The largest absolute Gasteiger partial charge is 0.348 e. The molecule has 0 spiro atoms. The summed E-state index contributed by atoms with van der Waals surface area (Å²) in [6, 6.07) is 17.8. The lowest BCUT2D eigenvalue weighted by molar-refractivity contribution is 0.0951. The third-order valence-corrected chi connectivity index (χ3v) is 5.25. The maximum absolute atomic E-state index is 13.1. The van der Waals surface area contributed by atoms with Crippen molar-refractivity contribution in [3.8, 4) is 16.8 Å². The first kappa shape index (κ1) is 21.4. The van der Waals surface area contributed by atoms with Gasteiger partial charge in [0.2, 0.25) is 0 Å². The number of rotatable bonds is 6. The summed E-state index contributed by atoms with van der Waals surface area (Å²) in [5.74, 6) is 0.711. The molecule has 4 rings (SSSR count). The van der Waals surface area contributed by atoms with Gasteiger partial charge in [-0.25, -0.2) is 0 Å². The van der Waals surface area contributed by atoms with E-state index in [1.165, 1.54) is 5.56 Å². The molecule has 162 valence electrons. The number of benzene rings is 2. The molecular weight excluding hydrogens is 400 g/mol. The van der Waals surface area contributed by atoms with Crippen LogP contribution in [0.2, 0.25) is 0 Å². The van der Waals surface area contributed by atoms with Gasteiger partial charge in [-0.1, -0.05) is 49.7 Å². The molecule has 0 saturated heterocycles. The van der Waals surface area contributed by atoms with Gasteiger partial charge in [0.05, 0.1) is 5.69 Å². The summed E-state index contributed by atoms with van der Waals surface area (Å²) in [7, 11) is 0. The summed E-state index contributed by atoms with van der Waals surface area (Å²) in [5, 5.41) is 15.2. The minimum absolute atomic E-state index is 0.138. The third kappa shape index (κ3) is 4.72. The Morgan fingerprint density at radius 3 is 2.47 bits per heavy atom. The lowest BCUT2D eigenvalue weighted by atomic mass is 10.0. The molecule has 2 heterocycles. The number of pyridine rings is 1. The van der Waals surface area contributed by atoms with Crippen LogP contribution in [0.5, 0.6) is 0 Å². The lowest BCUT2D eigenvalue weighted by Crippen LogP contribution is -2.23. The second-order valence-electron chi connectivity index (χ2n) is 8.23. The highest BCUT2D eigenvalue weighted by molar-refractivity contribution is 5.96. The summed E-state index contributed by atoms with van der Waals surface area (Å²) in [5.41, 5.74) is 6.31. The van der Waals surface area contributed by atoms with Crippen molar-refractivity contribution in [1.29, 1.82) is 0 Å². The topological polar surface area (TPSA) is 85.6 Å². The SMILES string of the molecule is Cc1ccc(-c2cc(C(=O)NCc3ccc(C)nc3)cc(-n3nnnc3C(C)C)c2)cc1. The maximum Gasteiger partial charge on any atom is 0.251 e. The molecule has 0 radical (unpaired) electrons. The molecular formula is C25H26N6O. The van der Waals surface area contributed by atoms with Crippen LogP contribution in [-0.4, -0.2) is 31.1 Å². The molecule has 0 saturated carbocycles. The van der Waals surface area contributed by atoms with Gasteiger partial charge in [0.1, 0.15) is 0 Å². The Morgan fingerprint density at radius 2 is 1.78 bits per heavy atom. The van der Waals surface area contributed by atoms with E-state index in [0.29, 0.717) is 12.1 Å². The summed E-state index contributed by atoms with van der Waals surface area (Å²) in [6.45, 7) is 8.46. The standard InChI is InChI=1S/C25H26N6O/c1-16(2)24-28-29-30-31(24)23-12-21(20-9-5-17(3)6-10-20)11-22(13-23)25(32)27-15-19-8-7-18(4)26-14-19/h5-14,16H,15H2,1-4H3,(H,27,32). The van der Waals surface area contributed by atoms with Crippen LogP contribution in [-0.2, 0) is 6.54 Å². The summed E-state index contributed by atoms with van der Waals surface area (Å²) >= 11 is 0. The minimum atomic E-state index is -0.167. The van der Waals surface area contributed by atoms with Gasteiger partial charge in [-0.15, -0.1) is 5.10 Å². The molecule has 7 heteroatoms. The monoisotopic (exact) mass is 426 g/mol. The quantitative estimate of drug-likeness (QED) is 0.494. The van der Waals surface area contributed by atoms with Crippen molar-refractivity contribution in [3.05, 3.63) is 89.0 Å². The van der Waals surface area contributed by atoms with E-state index in [-0.39, 0.29) is 11.8 Å². The van der Waals surface area contributed by atoms with Crippen molar-refractivity contribution in [3.63, 3.8) is 0 Å². The van der Waals surface area contributed by atoms with Gasteiger partial charge in [0.25, 0.3) is 5.91 Å². The Kier molecular flexibility index (Phi) is 6.07. The van der Waals surface area contributed by atoms with Crippen molar-refractivity contribution < 1.29 is 4.79 Å². The molecule has 0 bridgehead atoms. The van der Waals surface area contributed by atoms with Crippen LogP contribution < -0.4 is 5.32 Å². The van der Waals surface area contributed by atoms with Crippen molar-refractivity contribution in [2.24, 2.45) is 0 Å². The number of nitrogens with one attached hydrogen (secondary N) is 1. The second kappa shape index (κ2) is 9.09. The van der Waals surface area contributed by atoms with Crippen LogP contribution in [0.3, 0.4) is 0 Å². The molecule has 2 aromatic carbocycles. The van der Waals surface area contributed by atoms with Crippen molar-refractivity contribution in [1.82, 2.24) is 30.5 Å². The lowest BCUT2D eigenvalue weighted by Gasteiger charge is -2.13. The first-order chi connectivity index (χ1) is 15.4. The number of carbonyl (C=O) groups excluding carboxylic acids is 1. The van der Waals surface area contributed by atoms with E-state index >= 15 is 0 Å². The normalized spacial score (nSPS) is 11.0. The number of aromatic nitrogens is 5. The molecule has 0 aliphatic rings. The number of tetrazole rings is 1. The highest BCUT2D eigenvalue weighted by Crippen LogP contribution is 2.26. The molecule has 32 heavy (non-hydrogen) atoms. The fourth-order valence-electron chi connectivity index (χ4n) is 3.40. The molecule has 1 amide bonds. The van der Waals surface area contributed by atoms with Gasteiger partial charge in [-0.2, -0.15) is 4.68 Å². The first-order valence-electron chi connectivity index (χ1n) is 10.6. The van der Waals surface area contributed by atoms with E-state index in [4.69, 9.17) is 0 Å². The van der Waals surface area contributed by atoms with Crippen LogP contribution in [0, 0.1) is 13.8 Å². The van der Waals surface area contributed by atoms with E-state index in [0.717, 1.165) is 33.9 Å². The summed E-state index contributed by atoms with van der Waals surface area (Å²) in [6.07, 6.45) is 1.78. The fraction of sp³-hybridized carbons (Fsp3) is 0.240. The van der Waals surface area contributed by atoms with E-state index in [1.807, 2.05) is 51.1 Å². The summed E-state index contributed by atoms with van der Waals surface area (Å²) in [4.78, 5) is 17.4. The van der Waals surface area contributed by atoms with Crippen molar-refractivity contribution in [2.45, 2.75) is 40.2 Å². The predicted octanol–water partition coefficient (Wildman–Crippen LogP) is 4.39. The molecule has 2 aromatic heterocycles. The number of aryl methyl sites for hydroxylation is 2. The van der Waals surface area contributed by atoms with Gasteiger partial charge in [0, 0.05) is 29.9 Å². The first-order valence-corrected chi connectivity index (χ1v) is 10.6. The van der Waals surface area contributed by atoms with Crippen LogP contribution in [0.25, 0.3) is 16.8 Å². The smallest absolute Gasteiger partial charge is 0.251 e. The zero-order valence-corrected chi connectivity index (χ0v) is 18.7. The van der Waals surface area contributed by atoms with Gasteiger partial charge in [-0.3, -0.25) is 9.78 Å². The Morgan fingerprint density at radius 1 is 1.00 bits per heavy atom. The van der Waals surface area contributed by atoms with E-state index < -0.39 is 0 Å². The number of nitrogens with zero attached hydrogens (tertiary/aromatic N) is 5. The molecule has 0 aliphatic heterocycles. The van der Waals surface area contributed by atoms with E-state index in [9.17, 15) is 4.79 Å². The zero-order valence-electron chi connectivity index (χ0n) is 18.7.